The van der Waals surface area contributed by atoms with Crippen molar-refractivity contribution >= 4 is 52.3 Å². The van der Waals surface area contributed by atoms with E-state index in [1.54, 1.807) is 0 Å². The van der Waals surface area contributed by atoms with Crippen LogP contribution in [0.5, 0.6) is 5.75 Å². The van der Waals surface area contributed by atoms with E-state index in [1.165, 1.54) is 32.1 Å². The topological polar surface area (TPSA) is 35.5 Å². The average molecular weight is 461 g/mol. The summed E-state index contributed by atoms with van der Waals surface area (Å²) in [5.41, 5.74) is 1.03. The number of hydrogen-bond donors (Lipinski definition) is 2. The van der Waals surface area contributed by atoms with Crippen molar-refractivity contribution in [2.45, 2.75) is 38.1 Å². The molecule has 7 heteroatoms. The molecule has 1 heterocycles. The van der Waals surface area contributed by atoms with E-state index in [-0.39, 0.29) is 24.8 Å². The summed E-state index contributed by atoms with van der Waals surface area (Å²) in [5.74, 6) is 0.951. The van der Waals surface area contributed by atoms with E-state index in [0.717, 1.165) is 31.7 Å². The molecular formula is C17H26BrCl3N2O. The molecular weight excluding hydrogens is 434 g/mol. The van der Waals surface area contributed by atoms with Gasteiger partial charge in [0.25, 0.3) is 0 Å². The third-order valence-electron chi connectivity index (χ3n) is 5.06. The van der Waals surface area contributed by atoms with Gasteiger partial charge >= 0.3 is 0 Å². The number of hydrogen-bond acceptors (Lipinski definition) is 3. The fourth-order valence-corrected chi connectivity index (χ4v) is 4.47. The molecule has 0 bridgehead atoms. The fourth-order valence-electron chi connectivity index (χ4n) is 3.95. The van der Waals surface area contributed by atoms with Gasteiger partial charge in [0.2, 0.25) is 0 Å². The molecule has 3 rings (SSSR count). The second-order valence-corrected chi connectivity index (χ2v) is 7.63. The second kappa shape index (κ2) is 10.4. The van der Waals surface area contributed by atoms with Crippen LogP contribution in [0, 0.1) is 5.92 Å². The van der Waals surface area contributed by atoms with Gasteiger partial charge in [0.15, 0.2) is 0 Å². The van der Waals surface area contributed by atoms with Crippen LogP contribution in [-0.4, -0.2) is 36.2 Å². The van der Waals surface area contributed by atoms with Gasteiger partial charge in [0.05, 0.1) is 9.50 Å². The first-order valence-electron chi connectivity index (χ1n) is 8.30. The maximum Gasteiger partial charge on any atom is 0.136 e. The number of halogens is 4. The number of nitrogens with zero attached hydrogens (tertiary/aromatic N) is 1. The van der Waals surface area contributed by atoms with Crippen LogP contribution < -0.4 is 5.32 Å². The van der Waals surface area contributed by atoms with Gasteiger partial charge < -0.3 is 10.4 Å². The highest BCUT2D eigenvalue weighted by atomic mass is 79.9. The Morgan fingerprint density at radius 1 is 1.12 bits per heavy atom. The summed E-state index contributed by atoms with van der Waals surface area (Å²) in [6, 6.07) is 4.22. The lowest BCUT2D eigenvalue weighted by Crippen LogP contribution is -2.47. The van der Waals surface area contributed by atoms with Gasteiger partial charge in [-0.3, -0.25) is 4.90 Å². The van der Waals surface area contributed by atoms with E-state index < -0.39 is 0 Å². The summed E-state index contributed by atoms with van der Waals surface area (Å²) in [5, 5.41) is 14.6. The number of piperazine rings is 1. The zero-order chi connectivity index (χ0) is 15.5. The van der Waals surface area contributed by atoms with Gasteiger partial charge in [-0.15, -0.1) is 24.8 Å². The molecule has 0 radical (unpaired) electrons. The highest BCUT2D eigenvalue weighted by Gasteiger charge is 2.33. The van der Waals surface area contributed by atoms with Crippen LogP contribution in [0.15, 0.2) is 16.6 Å². The second-order valence-electron chi connectivity index (χ2n) is 6.43. The van der Waals surface area contributed by atoms with E-state index in [0.29, 0.717) is 27.2 Å². The lowest BCUT2D eigenvalue weighted by Gasteiger charge is -2.41. The maximum absolute atomic E-state index is 10.6. The quantitative estimate of drug-likeness (QED) is 0.653. The number of phenols is 1. The van der Waals surface area contributed by atoms with Crippen molar-refractivity contribution in [3.05, 3.63) is 27.2 Å². The standard InChI is InChI=1S/C17H24BrClN2O.2ClH/c18-15-14(19)7-6-13(17(15)22)16(12-4-2-1-3-5-12)21-10-8-20-9-11-21;;/h6-7,12,16,20,22H,1-5,8-11H2;2*1H/t16-;;/m0../s1. The van der Waals surface area contributed by atoms with Crippen LogP contribution in [0.2, 0.25) is 5.02 Å². The van der Waals surface area contributed by atoms with Crippen molar-refractivity contribution in [2.75, 3.05) is 26.2 Å². The largest absolute Gasteiger partial charge is 0.506 e. The van der Waals surface area contributed by atoms with Gasteiger partial charge in [-0.25, -0.2) is 0 Å². The molecule has 1 aliphatic carbocycles. The van der Waals surface area contributed by atoms with E-state index in [1.807, 2.05) is 12.1 Å². The van der Waals surface area contributed by atoms with Crippen LogP contribution in [0.4, 0.5) is 0 Å². The molecule has 0 amide bonds. The fraction of sp³-hybridized carbons (Fsp3) is 0.647. The monoisotopic (exact) mass is 458 g/mol. The summed E-state index contributed by atoms with van der Waals surface area (Å²) in [4.78, 5) is 2.54. The molecule has 1 aromatic carbocycles. The molecule has 24 heavy (non-hydrogen) atoms. The predicted octanol–water partition coefficient (Wildman–Crippen LogP) is 5.18. The first kappa shape index (κ1) is 22.3. The van der Waals surface area contributed by atoms with Crippen molar-refractivity contribution in [1.82, 2.24) is 10.2 Å². The highest BCUT2D eigenvalue weighted by Crippen LogP contribution is 2.45. The van der Waals surface area contributed by atoms with Gasteiger partial charge in [-0.1, -0.05) is 36.9 Å². The molecule has 2 fully saturated rings. The van der Waals surface area contributed by atoms with Crippen LogP contribution in [0.3, 0.4) is 0 Å². The SMILES string of the molecule is Cl.Cl.Oc1c([C@H](C2CCCCC2)N2CCNCC2)ccc(Cl)c1Br. The summed E-state index contributed by atoms with van der Waals surface area (Å²) in [7, 11) is 0. The Hall–Kier alpha value is 0.290. The molecule has 1 aliphatic heterocycles. The third-order valence-corrected chi connectivity index (χ3v) is 6.41. The Balaban J connectivity index is 0.00000144. The first-order chi connectivity index (χ1) is 10.7. The van der Waals surface area contributed by atoms with E-state index in [9.17, 15) is 5.11 Å². The molecule has 1 atom stereocenters. The number of aromatic hydroxyl groups is 1. The maximum atomic E-state index is 10.6. The lowest BCUT2D eigenvalue weighted by molar-refractivity contribution is 0.101. The Morgan fingerprint density at radius 2 is 1.75 bits per heavy atom. The minimum absolute atomic E-state index is 0. The van der Waals surface area contributed by atoms with Crippen molar-refractivity contribution in [2.24, 2.45) is 5.92 Å². The number of nitrogens with one attached hydrogen (secondary N) is 1. The minimum Gasteiger partial charge on any atom is -0.506 e. The Labute approximate surface area is 170 Å². The Morgan fingerprint density at radius 3 is 2.38 bits per heavy atom. The smallest absolute Gasteiger partial charge is 0.136 e. The van der Waals surface area contributed by atoms with Gasteiger partial charge in [-0.05, 0) is 40.8 Å². The normalized spacial score (nSPS) is 20.8. The summed E-state index contributed by atoms with van der Waals surface area (Å²) in [6.45, 7) is 4.14. The third kappa shape index (κ3) is 4.93. The lowest BCUT2D eigenvalue weighted by atomic mass is 9.80. The molecule has 2 N–H and O–H groups in total. The van der Waals surface area contributed by atoms with Crippen LogP contribution in [-0.2, 0) is 0 Å². The molecule has 3 nitrogen and oxygen atoms in total. The molecule has 138 valence electrons. The van der Waals surface area contributed by atoms with E-state index in [2.05, 4.69) is 26.1 Å². The molecule has 2 aliphatic rings. The number of rotatable bonds is 3. The van der Waals surface area contributed by atoms with Gasteiger partial charge in [-0.2, -0.15) is 0 Å². The molecule has 0 aromatic heterocycles. The average Bonchev–Trinajstić information content (AvgIpc) is 2.57. The summed E-state index contributed by atoms with van der Waals surface area (Å²) >= 11 is 9.57. The molecule has 0 unspecified atom stereocenters. The Kier molecular flexibility index (Phi) is 9.72. The highest BCUT2D eigenvalue weighted by molar-refractivity contribution is 9.10. The molecule has 1 saturated heterocycles. The number of phenolic OH excluding ortho intramolecular Hbond substituents is 1. The van der Waals surface area contributed by atoms with Crippen molar-refractivity contribution in [1.29, 1.82) is 0 Å². The predicted molar refractivity (Wildman–Crippen MR) is 109 cm³/mol. The molecule has 1 aromatic rings. The summed E-state index contributed by atoms with van der Waals surface area (Å²) < 4.78 is 0.627. The van der Waals surface area contributed by atoms with Crippen LogP contribution in [0.1, 0.15) is 43.7 Å². The first-order valence-corrected chi connectivity index (χ1v) is 9.47. The zero-order valence-electron chi connectivity index (χ0n) is 13.6. The minimum atomic E-state index is 0. The van der Waals surface area contributed by atoms with Crippen LogP contribution in [0.25, 0.3) is 0 Å². The molecule has 0 spiro atoms. The molecule has 1 saturated carbocycles. The van der Waals surface area contributed by atoms with Crippen LogP contribution >= 0.6 is 52.3 Å². The summed E-state index contributed by atoms with van der Waals surface area (Å²) in [6.07, 6.45) is 6.48. The number of benzene rings is 1. The van der Waals surface area contributed by atoms with Crippen molar-refractivity contribution in [3.8, 4) is 5.75 Å². The van der Waals surface area contributed by atoms with E-state index in [4.69, 9.17) is 11.6 Å². The van der Waals surface area contributed by atoms with Crippen molar-refractivity contribution < 1.29 is 5.11 Å². The zero-order valence-corrected chi connectivity index (χ0v) is 17.6. The van der Waals surface area contributed by atoms with Crippen molar-refractivity contribution in [3.63, 3.8) is 0 Å². The van der Waals surface area contributed by atoms with Gasteiger partial charge in [0, 0.05) is 37.8 Å². The van der Waals surface area contributed by atoms with E-state index >= 15 is 0 Å². The Bertz CT molecular complexity index is 503. The van der Waals surface area contributed by atoms with Gasteiger partial charge in [0.1, 0.15) is 5.75 Å².